The second-order valence-corrected chi connectivity index (χ2v) is 8.76. The van der Waals surface area contributed by atoms with Gasteiger partial charge in [-0.15, -0.1) is 0 Å². The molecule has 0 spiro atoms. The Kier molecular flexibility index (Phi) is 7.61. The van der Waals surface area contributed by atoms with Gasteiger partial charge < -0.3 is 20.0 Å². The molecule has 0 unspecified atom stereocenters. The maximum absolute atomic E-state index is 13.8. The second-order valence-electron chi connectivity index (χ2n) is 8.76. The largest absolute Gasteiger partial charge is 0.487 e. The number of halogens is 3. The Hall–Kier alpha value is -4.47. The molecule has 0 radical (unpaired) electrons. The lowest BCUT2D eigenvalue weighted by Crippen LogP contribution is -2.08. The van der Waals surface area contributed by atoms with Crippen LogP contribution in [0.3, 0.4) is 0 Å². The van der Waals surface area contributed by atoms with Crippen LogP contribution < -0.4 is 4.74 Å². The molecule has 7 nitrogen and oxygen atoms in total. The van der Waals surface area contributed by atoms with Crippen LogP contribution in [0, 0.1) is 16.7 Å². The highest BCUT2D eigenvalue weighted by Gasteiger charge is 2.45. The van der Waals surface area contributed by atoms with Gasteiger partial charge in [-0.2, -0.15) is 13.2 Å². The van der Waals surface area contributed by atoms with E-state index in [0.717, 1.165) is 6.07 Å². The normalized spacial score (nSPS) is 16.7. The summed E-state index contributed by atoms with van der Waals surface area (Å²) in [5, 5.41) is 24.6. The van der Waals surface area contributed by atoms with E-state index in [1.807, 2.05) is 0 Å². The third kappa shape index (κ3) is 6.26. The zero-order valence-electron chi connectivity index (χ0n) is 20.3. The van der Waals surface area contributed by atoms with Crippen LogP contribution in [0.2, 0.25) is 0 Å². The predicted molar refractivity (Wildman–Crippen MR) is 135 cm³/mol. The van der Waals surface area contributed by atoms with E-state index in [0.29, 0.717) is 34.6 Å². The van der Waals surface area contributed by atoms with Crippen molar-refractivity contribution in [2.45, 2.75) is 25.1 Å². The number of methoxy groups -OCH3 is 1. The van der Waals surface area contributed by atoms with Crippen LogP contribution in [0.4, 0.5) is 13.2 Å². The van der Waals surface area contributed by atoms with E-state index in [1.54, 1.807) is 24.3 Å². The highest BCUT2D eigenvalue weighted by Crippen LogP contribution is 2.46. The Labute approximate surface area is 216 Å². The summed E-state index contributed by atoms with van der Waals surface area (Å²) in [5.41, 5.74) is 1.26. The van der Waals surface area contributed by atoms with Crippen LogP contribution in [-0.2, 0) is 22.3 Å². The van der Waals surface area contributed by atoms with Gasteiger partial charge >= 0.3 is 12.1 Å². The first-order chi connectivity index (χ1) is 18.1. The molecular weight excluding hydrogens is 499 g/mol. The summed E-state index contributed by atoms with van der Waals surface area (Å²) in [6.07, 6.45) is 0.140. The summed E-state index contributed by atoms with van der Waals surface area (Å²) in [6.45, 7) is 0.00627. The molecule has 10 heteroatoms. The van der Waals surface area contributed by atoms with Gasteiger partial charge in [0.1, 0.15) is 12.4 Å². The Bertz CT molecular complexity index is 1380. The Morgan fingerprint density at radius 2 is 1.84 bits per heavy atom. The quantitative estimate of drug-likeness (QED) is 0.232. The molecular formula is C28H24F3N3O4. The Balaban J connectivity index is 1.50. The Morgan fingerprint density at radius 1 is 1.11 bits per heavy atom. The first-order valence-electron chi connectivity index (χ1n) is 11.6. The van der Waals surface area contributed by atoms with Gasteiger partial charge in [-0.1, -0.05) is 30.3 Å². The smallest absolute Gasteiger partial charge is 0.417 e. The molecule has 1 aliphatic carbocycles. The summed E-state index contributed by atoms with van der Waals surface area (Å²) < 4.78 is 51.7. The zero-order valence-corrected chi connectivity index (χ0v) is 20.3. The van der Waals surface area contributed by atoms with E-state index in [2.05, 4.69) is 4.98 Å². The molecule has 0 saturated heterocycles. The lowest BCUT2D eigenvalue weighted by atomic mass is 9.95. The van der Waals surface area contributed by atoms with Gasteiger partial charge in [-0.05, 0) is 59.0 Å². The molecule has 3 aromatic rings. The molecule has 1 saturated carbocycles. The number of carboxylic acid groups (broad SMARTS) is 1. The van der Waals surface area contributed by atoms with Crippen molar-refractivity contribution in [2.75, 3.05) is 7.11 Å². The summed E-state index contributed by atoms with van der Waals surface area (Å²) in [7, 11) is 1.34. The van der Waals surface area contributed by atoms with E-state index in [9.17, 15) is 18.0 Å². The molecule has 0 bridgehead atoms. The van der Waals surface area contributed by atoms with E-state index < -0.39 is 23.6 Å². The van der Waals surface area contributed by atoms with Crippen LogP contribution in [0.15, 0.2) is 72.9 Å². The average molecular weight is 524 g/mol. The maximum atomic E-state index is 13.8. The fourth-order valence-corrected chi connectivity index (χ4v) is 3.98. The van der Waals surface area contributed by atoms with Gasteiger partial charge in [0.25, 0.3) is 0 Å². The maximum Gasteiger partial charge on any atom is 0.417 e. The number of rotatable bonds is 9. The number of carboxylic acids is 1. The molecule has 0 aliphatic heterocycles. The van der Waals surface area contributed by atoms with E-state index >= 15 is 0 Å². The van der Waals surface area contributed by atoms with Gasteiger partial charge in [-0.3, -0.25) is 15.2 Å². The molecule has 1 heterocycles. The average Bonchev–Trinajstić information content (AvgIpc) is 3.71. The minimum atomic E-state index is -4.57. The highest BCUT2D eigenvalue weighted by atomic mass is 19.4. The number of benzene rings is 2. The van der Waals surface area contributed by atoms with Gasteiger partial charge in [0.2, 0.25) is 5.90 Å². The lowest BCUT2D eigenvalue weighted by molar-refractivity contribution is -0.139. The Morgan fingerprint density at radius 3 is 2.42 bits per heavy atom. The zero-order chi connectivity index (χ0) is 27.4. The number of carbonyl (C=O) groups is 1. The number of aliphatic carboxylic acids is 1. The molecule has 4 rings (SSSR count). The van der Waals surface area contributed by atoms with Crippen molar-refractivity contribution < 1.29 is 32.5 Å². The molecule has 2 atom stereocenters. The predicted octanol–water partition coefficient (Wildman–Crippen LogP) is 6.08. The summed E-state index contributed by atoms with van der Waals surface area (Å²) in [6, 6.07) is 13.3. The number of aromatic nitrogens is 1. The number of ether oxygens (including phenoxy) is 2. The molecule has 196 valence electrons. The second kappa shape index (κ2) is 10.9. The number of hydrogen-bond acceptors (Lipinski definition) is 6. The van der Waals surface area contributed by atoms with Gasteiger partial charge in [0, 0.05) is 17.7 Å². The van der Waals surface area contributed by atoms with Crippen molar-refractivity contribution in [1.29, 1.82) is 10.8 Å². The van der Waals surface area contributed by atoms with Crippen LogP contribution >= 0.6 is 0 Å². The minimum Gasteiger partial charge on any atom is -0.487 e. The lowest BCUT2D eigenvalue weighted by Gasteiger charge is -2.15. The van der Waals surface area contributed by atoms with Crippen molar-refractivity contribution in [3.63, 3.8) is 0 Å². The van der Waals surface area contributed by atoms with Crippen molar-refractivity contribution in [3.8, 4) is 16.9 Å². The first kappa shape index (κ1) is 26.6. The number of alkyl halides is 3. The van der Waals surface area contributed by atoms with E-state index in [-0.39, 0.29) is 29.7 Å². The summed E-state index contributed by atoms with van der Waals surface area (Å²) >= 11 is 0. The third-order valence-electron chi connectivity index (χ3n) is 6.17. The SMILES string of the molecule is COC(=N)/C=C\C(=N)c1ccc(-c2cc(COc3ccc([C@@H]4C[C@H]4C(=O)O)nc3)ccc2C(F)(F)F)cc1. The van der Waals surface area contributed by atoms with Crippen molar-refractivity contribution in [3.05, 3.63) is 95.3 Å². The molecule has 38 heavy (non-hydrogen) atoms. The molecule has 2 aromatic carbocycles. The minimum absolute atomic E-state index is 0.00627. The number of nitrogens with zero attached hydrogens (tertiary/aromatic N) is 1. The van der Waals surface area contributed by atoms with Crippen LogP contribution in [-0.4, -0.2) is 34.8 Å². The van der Waals surface area contributed by atoms with Crippen molar-refractivity contribution in [2.24, 2.45) is 5.92 Å². The topological polar surface area (TPSA) is 116 Å². The summed E-state index contributed by atoms with van der Waals surface area (Å²) in [5.74, 6) is -1.07. The van der Waals surface area contributed by atoms with Gasteiger partial charge in [-0.25, -0.2) is 0 Å². The number of hydrogen-bond donors (Lipinski definition) is 3. The fraction of sp³-hybridized carbons (Fsp3) is 0.214. The van der Waals surface area contributed by atoms with Crippen LogP contribution in [0.1, 0.15) is 34.7 Å². The van der Waals surface area contributed by atoms with E-state index in [1.165, 1.54) is 49.7 Å². The molecule has 0 amide bonds. The number of pyridine rings is 1. The van der Waals surface area contributed by atoms with Crippen molar-refractivity contribution in [1.82, 2.24) is 4.98 Å². The fourth-order valence-electron chi connectivity index (χ4n) is 3.98. The van der Waals surface area contributed by atoms with Crippen LogP contribution in [0.5, 0.6) is 5.75 Å². The van der Waals surface area contributed by atoms with Gasteiger partial charge in [0.05, 0.1) is 30.5 Å². The standard InChI is InChI=1S/C28H24F3N3O4/c1-37-26(33)11-9-24(32)18-5-3-17(4-6-18)20-12-16(2-8-23(20)28(29,30)31)15-38-19-7-10-25(34-14-19)21-13-22(21)27(35)36/h2-12,14,21-22,32-33H,13,15H2,1H3,(H,35,36)/b11-9-,32-24?,33-26?/t21-,22-/m1/s1. The first-order valence-corrected chi connectivity index (χ1v) is 11.6. The molecule has 1 aromatic heterocycles. The van der Waals surface area contributed by atoms with Crippen molar-refractivity contribution >= 4 is 17.6 Å². The monoisotopic (exact) mass is 523 g/mol. The van der Waals surface area contributed by atoms with Gasteiger partial charge in [0.15, 0.2) is 0 Å². The molecule has 3 N–H and O–H groups in total. The van der Waals surface area contributed by atoms with Crippen LogP contribution in [0.25, 0.3) is 11.1 Å². The number of allylic oxidation sites excluding steroid dienone is 1. The molecule has 1 fully saturated rings. The summed E-state index contributed by atoms with van der Waals surface area (Å²) in [4.78, 5) is 15.3. The number of nitrogens with one attached hydrogen (secondary N) is 2. The third-order valence-corrected chi connectivity index (χ3v) is 6.17. The molecule has 1 aliphatic rings. The highest BCUT2D eigenvalue weighted by molar-refractivity contribution is 6.09. The van der Waals surface area contributed by atoms with E-state index in [4.69, 9.17) is 25.4 Å².